The quantitative estimate of drug-likeness (QED) is 0.680. The molecular formula is C27H28FN3O2. The summed E-state index contributed by atoms with van der Waals surface area (Å²) in [6, 6.07) is 11.2. The van der Waals surface area contributed by atoms with Crippen LogP contribution < -0.4 is 5.32 Å². The van der Waals surface area contributed by atoms with Gasteiger partial charge in [-0.1, -0.05) is 30.6 Å². The minimum Gasteiger partial charge on any atom is -0.342 e. The molecule has 2 aromatic rings. The molecule has 1 saturated carbocycles. The Bertz CT molecular complexity index is 1130. The fraction of sp³-hybridized carbons (Fsp3) is 0.370. The summed E-state index contributed by atoms with van der Waals surface area (Å²) in [5, 5.41) is 11.8. The van der Waals surface area contributed by atoms with E-state index in [0.29, 0.717) is 35.8 Å². The Morgan fingerprint density at radius 3 is 2.58 bits per heavy atom. The van der Waals surface area contributed by atoms with Gasteiger partial charge < -0.3 is 10.2 Å². The van der Waals surface area contributed by atoms with Gasteiger partial charge in [-0.3, -0.25) is 9.59 Å². The first-order valence-electron chi connectivity index (χ1n) is 11.5. The van der Waals surface area contributed by atoms with Crippen LogP contribution in [-0.2, 0) is 4.79 Å². The molecule has 1 heterocycles. The fourth-order valence-electron chi connectivity index (χ4n) is 4.71. The van der Waals surface area contributed by atoms with Gasteiger partial charge in [0.15, 0.2) is 0 Å². The van der Waals surface area contributed by atoms with Gasteiger partial charge in [-0.2, -0.15) is 5.26 Å². The maximum absolute atomic E-state index is 14.4. The maximum atomic E-state index is 14.4. The maximum Gasteiger partial charge on any atom is 0.255 e. The first-order chi connectivity index (χ1) is 15.9. The van der Waals surface area contributed by atoms with E-state index in [1.807, 2.05) is 24.0 Å². The van der Waals surface area contributed by atoms with E-state index in [9.17, 15) is 14.0 Å². The van der Waals surface area contributed by atoms with Crippen LogP contribution >= 0.6 is 0 Å². The smallest absolute Gasteiger partial charge is 0.255 e. The number of nitrogens with zero attached hydrogens (tertiary/aromatic N) is 2. The highest BCUT2D eigenvalue weighted by molar-refractivity contribution is 6.05. The van der Waals surface area contributed by atoms with Crippen LogP contribution in [0.25, 0.3) is 6.08 Å². The average molecular weight is 446 g/mol. The zero-order valence-corrected chi connectivity index (χ0v) is 18.9. The van der Waals surface area contributed by atoms with Crippen molar-refractivity contribution in [1.82, 2.24) is 4.90 Å². The average Bonchev–Trinajstić information content (AvgIpc) is 3.37. The van der Waals surface area contributed by atoms with E-state index in [1.54, 1.807) is 18.2 Å². The molecule has 4 rings (SSSR count). The zero-order chi connectivity index (χ0) is 23.4. The molecule has 0 bridgehead atoms. The Hall–Kier alpha value is -3.46. The van der Waals surface area contributed by atoms with E-state index in [1.165, 1.54) is 23.8 Å². The van der Waals surface area contributed by atoms with E-state index in [-0.39, 0.29) is 5.92 Å². The molecule has 2 aromatic carbocycles. The number of anilines is 1. The van der Waals surface area contributed by atoms with Gasteiger partial charge in [0.1, 0.15) is 5.82 Å². The topological polar surface area (TPSA) is 73.2 Å². The van der Waals surface area contributed by atoms with Gasteiger partial charge >= 0.3 is 0 Å². The molecule has 0 unspecified atom stereocenters. The molecule has 2 fully saturated rings. The number of rotatable bonds is 4. The summed E-state index contributed by atoms with van der Waals surface area (Å²) in [7, 11) is 0. The van der Waals surface area contributed by atoms with Gasteiger partial charge in [-0.15, -0.1) is 0 Å². The minimum atomic E-state index is -0.428. The summed E-state index contributed by atoms with van der Waals surface area (Å²) in [6.45, 7) is 3.26. The molecule has 33 heavy (non-hydrogen) atoms. The second kappa shape index (κ2) is 9.99. The van der Waals surface area contributed by atoms with Crippen LogP contribution in [0.1, 0.15) is 65.6 Å². The van der Waals surface area contributed by atoms with Crippen molar-refractivity contribution in [3.05, 3.63) is 70.0 Å². The van der Waals surface area contributed by atoms with Gasteiger partial charge in [-0.25, -0.2) is 4.39 Å². The van der Waals surface area contributed by atoms with Crippen molar-refractivity contribution in [1.29, 1.82) is 5.26 Å². The van der Waals surface area contributed by atoms with Gasteiger partial charge in [0.2, 0.25) is 5.91 Å². The molecule has 0 atom stereocenters. The lowest BCUT2D eigenvalue weighted by Gasteiger charge is -2.30. The van der Waals surface area contributed by atoms with Crippen LogP contribution in [0.15, 0.2) is 42.0 Å². The van der Waals surface area contributed by atoms with Crippen LogP contribution in [0, 0.1) is 30.0 Å². The molecule has 2 aliphatic rings. The Labute approximate surface area is 193 Å². The fourth-order valence-corrected chi connectivity index (χ4v) is 4.71. The predicted molar refractivity (Wildman–Crippen MR) is 126 cm³/mol. The molecule has 1 aliphatic heterocycles. The van der Waals surface area contributed by atoms with Gasteiger partial charge in [-0.05, 0) is 74.1 Å². The molecular weight excluding hydrogens is 417 g/mol. The van der Waals surface area contributed by atoms with Crippen LogP contribution in [0.4, 0.5) is 10.1 Å². The number of nitrogens with one attached hydrogen (secondary N) is 1. The molecule has 5 nitrogen and oxygen atoms in total. The highest BCUT2D eigenvalue weighted by atomic mass is 19.1. The number of hydrogen-bond acceptors (Lipinski definition) is 3. The van der Waals surface area contributed by atoms with E-state index in [4.69, 9.17) is 5.26 Å². The Balaban J connectivity index is 1.47. The minimum absolute atomic E-state index is 0.195. The highest BCUT2D eigenvalue weighted by Crippen LogP contribution is 2.30. The number of benzene rings is 2. The van der Waals surface area contributed by atoms with Crippen molar-refractivity contribution in [2.45, 2.75) is 45.4 Å². The van der Waals surface area contributed by atoms with Gasteiger partial charge in [0, 0.05) is 30.3 Å². The summed E-state index contributed by atoms with van der Waals surface area (Å²) < 4.78 is 14.4. The Morgan fingerprint density at radius 2 is 1.88 bits per heavy atom. The molecule has 1 saturated heterocycles. The Morgan fingerprint density at radius 1 is 1.15 bits per heavy atom. The monoisotopic (exact) mass is 445 g/mol. The number of halogens is 1. The number of piperidine rings is 1. The summed E-state index contributed by atoms with van der Waals surface area (Å²) in [5.41, 5.74) is 3.82. The van der Waals surface area contributed by atoms with E-state index in [0.717, 1.165) is 49.7 Å². The largest absolute Gasteiger partial charge is 0.342 e. The molecule has 170 valence electrons. The normalized spacial score (nSPS) is 16.4. The summed E-state index contributed by atoms with van der Waals surface area (Å²) in [4.78, 5) is 27.3. The standard InChI is InChI=1S/C27H28FN3O2/c1-18-23(13-19-9-11-31(12-10-19)27(33)21-6-2-3-7-21)15-24(28)16-25(18)30-26(32)22-8-4-5-20(14-22)17-29/h4-5,8,13-16,21H,2-3,6-7,9-12H2,1H3,(H,30,32). The molecule has 0 aromatic heterocycles. The number of amides is 2. The lowest BCUT2D eigenvalue weighted by Crippen LogP contribution is -2.39. The molecule has 0 spiro atoms. The lowest BCUT2D eigenvalue weighted by atomic mass is 9.96. The third-order valence-electron chi connectivity index (χ3n) is 6.70. The predicted octanol–water partition coefficient (Wildman–Crippen LogP) is 5.45. The SMILES string of the molecule is Cc1c(C=C2CCN(C(=O)C3CCCC3)CC2)cc(F)cc1NC(=O)c1cccc(C#N)c1. The second-order valence-electron chi connectivity index (χ2n) is 8.92. The third kappa shape index (κ3) is 5.31. The van der Waals surface area contributed by atoms with Crippen molar-refractivity contribution in [3.8, 4) is 6.07 Å². The van der Waals surface area contributed by atoms with Crippen molar-refractivity contribution < 1.29 is 14.0 Å². The number of nitriles is 1. The van der Waals surface area contributed by atoms with Crippen molar-refractivity contribution in [2.24, 2.45) is 5.92 Å². The number of likely N-dealkylation sites (tertiary alicyclic amines) is 1. The van der Waals surface area contributed by atoms with Crippen LogP contribution in [0.2, 0.25) is 0 Å². The van der Waals surface area contributed by atoms with Crippen LogP contribution in [-0.4, -0.2) is 29.8 Å². The number of carbonyl (C=O) groups excluding carboxylic acids is 2. The highest BCUT2D eigenvalue weighted by Gasteiger charge is 2.28. The molecule has 2 amide bonds. The molecule has 0 radical (unpaired) electrons. The molecule has 1 N–H and O–H groups in total. The molecule has 1 aliphatic carbocycles. The summed E-state index contributed by atoms with van der Waals surface area (Å²) in [6.07, 6.45) is 7.86. The zero-order valence-electron chi connectivity index (χ0n) is 18.9. The Kier molecular flexibility index (Phi) is 6.88. The second-order valence-corrected chi connectivity index (χ2v) is 8.92. The van der Waals surface area contributed by atoms with Gasteiger partial charge in [0.25, 0.3) is 5.91 Å². The van der Waals surface area contributed by atoms with E-state index >= 15 is 0 Å². The number of hydrogen-bond donors (Lipinski definition) is 1. The first-order valence-corrected chi connectivity index (χ1v) is 11.5. The van der Waals surface area contributed by atoms with E-state index < -0.39 is 11.7 Å². The summed E-state index contributed by atoms with van der Waals surface area (Å²) in [5.74, 6) is -0.333. The lowest BCUT2D eigenvalue weighted by molar-refractivity contribution is -0.135. The molecule has 6 heteroatoms. The first kappa shape index (κ1) is 22.7. The van der Waals surface area contributed by atoms with Gasteiger partial charge in [0.05, 0.1) is 11.6 Å². The van der Waals surface area contributed by atoms with Crippen LogP contribution in [0.5, 0.6) is 0 Å². The number of carbonyl (C=O) groups is 2. The van der Waals surface area contributed by atoms with Crippen molar-refractivity contribution in [2.75, 3.05) is 18.4 Å². The third-order valence-corrected chi connectivity index (χ3v) is 6.70. The summed E-state index contributed by atoms with van der Waals surface area (Å²) >= 11 is 0. The van der Waals surface area contributed by atoms with Crippen molar-refractivity contribution in [3.63, 3.8) is 0 Å². The van der Waals surface area contributed by atoms with E-state index in [2.05, 4.69) is 5.32 Å². The van der Waals surface area contributed by atoms with Crippen LogP contribution in [0.3, 0.4) is 0 Å². The van der Waals surface area contributed by atoms with Crippen molar-refractivity contribution >= 4 is 23.6 Å².